The maximum Gasteiger partial charge on any atom is 0.323 e. The van der Waals surface area contributed by atoms with Gasteiger partial charge in [0.1, 0.15) is 5.75 Å². The Bertz CT molecular complexity index is 694. The quantitative estimate of drug-likeness (QED) is 0.759. The number of amides is 2. The molecule has 126 valence electrons. The summed E-state index contributed by atoms with van der Waals surface area (Å²) in [6.07, 6.45) is 0. The van der Waals surface area contributed by atoms with Crippen LogP contribution in [0.4, 0.5) is 21.9 Å². The number of hydrogen-bond acceptors (Lipinski definition) is 4. The Kier molecular flexibility index (Phi) is 4.86. The fourth-order valence-corrected chi connectivity index (χ4v) is 2.68. The second kappa shape index (κ2) is 7.23. The molecule has 1 saturated heterocycles. The third-order valence-electron chi connectivity index (χ3n) is 4.15. The molecule has 6 heteroatoms. The first-order valence-electron chi connectivity index (χ1n) is 8.01. The Morgan fingerprint density at radius 1 is 0.958 bits per heavy atom. The van der Waals surface area contributed by atoms with Crippen LogP contribution >= 0.6 is 0 Å². The van der Waals surface area contributed by atoms with Crippen LogP contribution in [-0.2, 0) is 0 Å². The van der Waals surface area contributed by atoms with E-state index < -0.39 is 0 Å². The van der Waals surface area contributed by atoms with Crippen LogP contribution in [0.5, 0.6) is 5.75 Å². The van der Waals surface area contributed by atoms with E-state index in [1.807, 2.05) is 24.3 Å². The van der Waals surface area contributed by atoms with Gasteiger partial charge in [0, 0.05) is 37.6 Å². The molecule has 1 heterocycles. The van der Waals surface area contributed by atoms with E-state index in [0.717, 1.165) is 31.9 Å². The summed E-state index contributed by atoms with van der Waals surface area (Å²) < 4.78 is 0. The Hall–Kier alpha value is -2.73. The molecule has 0 radical (unpaired) electrons. The number of nitrogens with one attached hydrogen (secondary N) is 2. The van der Waals surface area contributed by atoms with Gasteiger partial charge in [0.2, 0.25) is 0 Å². The van der Waals surface area contributed by atoms with Crippen LogP contribution in [0.1, 0.15) is 0 Å². The number of hydrogen-bond donors (Lipinski definition) is 3. The lowest BCUT2D eigenvalue weighted by Crippen LogP contribution is -2.44. The number of rotatable bonds is 3. The molecule has 3 rings (SSSR count). The molecular weight excluding hydrogens is 304 g/mol. The molecule has 2 aromatic carbocycles. The number of benzene rings is 2. The van der Waals surface area contributed by atoms with Gasteiger partial charge in [0.05, 0.1) is 5.69 Å². The lowest BCUT2D eigenvalue weighted by Gasteiger charge is -2.34. The largest absolute Gasteiger partial charge is 0.506 e. The maximum absolute atomic E-state index is 12.0. The molecule has 1 aliphatic heterocycles. The normalized spacial score (nSPS) is 15.1. The van der Waals surface area contributed by atoms with Gasteiger partial charge in [-0.05, 0) is 43.4 Å². The number of phenols is 1. The Labute approximate surface area is 141 Å². The first-order valence-corrected chi connectivity index (χ1v) is 8.01. The van der Waals surface area contributed by atoms with E-state index in [1.54, 1.807) is 18.2 Å². The van der Waals surface area contributed by atoms with Crippen molar-refractivity contribution >= 4 is 23.1 Å². The highest BCUT2D eigenvalue weighted by Crippen LogP contribution is 2.22. The van der Waals surface area contributed by atoms with E-state index >= 15 is 0 Å². The van der Waals surface area contributed by atoms with Crippen molar-refractivity contribution in [2.75, 3.05) is 48.8 Å². The molecule has 1 fully saturated rings. The monoisotopic (exact) mass is 326 g/mol. The van der Waals surface area contributed by atoms with Gasteiger partial charge in [-0.25, -0.2) is 4.79 Å². The second-order valence-electron chi connectivity index (χ2n) is 5.93. The standard InChI is InChI=1S/C18H22N4O2/c1-21-10-12-22(13-11-21)15-8-6-14(7-9-15)19-18(24)20-16-4-2-3-5-17(16)23/h2-9,23H,10-13H2,1H3,(H2,19,20,24). The summed E-state index contributed by atoms with van der Waals surface area (Å²) in [5.41, 5.74) is 2.25. The molecule has 6 nitrogen and oxygen atoms in total. The number of likely N-dealkylation sites (N-methyl/N-ethyl adjacent to an activating group) is 1. The molecule has 0 spiro atoms. The second-order valence-corrected chi connectivity index (χ2v) is 5.93. The van der Waals surface area contributed by atoms with E-state index in [4.69, 9.17) is 0 Å². The van der Waals surface area contributed by atoms with Crippen LogP contribution in [0.25, 0.3) is 0 Å². The van der Waals surface area contributed by atoms with Crippen LogP contribution in [0, 0.1) is 0 Å². The number of phenolic OH excluding ortho intramolecular Hbond substituents is 1. The van der Waals surface area contributed by atoms with Crippen molar-refractivity contribution < 1.29 is 9.90 Å². The highest BCUT2D eigenvalue weighted by atomic mass is 16.3. The molecule has 0 unspecified atom stereocenters. The minimum absolute atomic E-state index is 0.0399. The molecule has 3 N–H and O–H groups in total. The third kappa shape index (κ3) is 3.97. The van der Waals surface area contributed by atoms with E-state index in [2.05, 4.69) is 27.5 Å². The molecule has 0 saturated carbocycles. The van der Waals surface area contributed by atoms with Gasteiger partial charge in [-0.3, -0.25) is 0 Å². The van der Waals surface area contributed by atoms with E-state index in [9.17, 15) is 9.90 Å². The third-order valence-corrected chi connectivity index (χ3v) is 4.15. The summed E-state index contributed by atoms with van der Waals surface area (Å²) >= 11 is 0. The summed E-state index contributed by atoms with van der Waals surface area (Å²) in [6, 6.07) is 14.0. The number of nitrogens with zero attached hydrogens (tertiary/aromatic N) is 2. The van der Waals surface area contributed by atoms with Crippen LogP contribution in [0.2, 0.25) is 0 Å². The fraction of sp³-hybridized carbons (Fsp3) is 0.278. The average molecular weight is 326 g/mol. The minimum atomic E-state index is -0.385. The van der Waals surface area contributed by atoms with Crippen molar-refractivity contribution in [3.63, 3.8) is 0 Å². The van der Waals surface area contributed by atoms with Crippen LogP contribution in [0.3, 0.4) is 0 Å². The topological polar surface area (TPSA) is 67.8 Å². The number of anilines is 3. The summed E-state index contributed by atoms with van der Waals surface area (Å²) in [4.78, 5) is 16.7. The molecule has 24 heavy (non-hydrogen) atoms. The number of aromatic hydroxyl groups is 1. The fourth-order valence-electron chi connectivity index (χ4n) is 2.68. The number of piperazine rings is 1. The first kappa shape index (κ1) is 16.1. The zero-order chi connectivity index (χ0) is 16.9. The molecule has 2 aromatic rings. The van der Waals surface area contributed by atoms with Crippen LogP contribution in [0.15, 0.2) is 48.5 Å². The highest BCUT2D eigenvalue weighted by molar-refractivity contribution is 6.00. The summed E-state index contributed by atoms with van der Waals surface area (Å²) in [5.74, 6) is 0.0399. The van der Waals surface area contributed by atoms with Gasteiger partial charge < -0.3 is 25.5 Å². The van der Waals surface area contributed by atoms with Gasteiger partial charge in [-0.15, -0.1) is 0 Å². The lowest BCUT2D eigenvalue weighted by molar-refractivity contribution is 0.262. The van der Waals surface area contributed by atoms with Crippen molar-refractivity contribution in [2.24, 2.45) is 0 Å². The zero-order valence-electron chi connectivity index (χ0n) is 13.7. The van der Waals surface area contributed by atoms with E-state index in [1.165, 1.54) is 6.07 Å². The summed E-state index contributed by atoms with van der Waals surface area (Å²) in [7, 11) is 2.13. The molecular formula is C18H22N4O2. The Morgan fingerprint density at radius 3 is 2.29 bits per heavy atom. The first-order chi connectivity index (χ1) is 11.6. The molecule has 2 amide bonds. The zero-order valence-corrected chi connectivity index (χ0v) is 13.7. The van der Waals surface area contributed by atoms with Gasteiger partial charge in [-0.2, -0.15) is 0 Å². The lowest BCUT2D eigenvalue weighted by atomic mass is 10.2. The van der Waals surface area contributed by atoms with Crippen molar-refractivity contribution in [1.29, 1.82) is 0 Å². The molecule has 0 atom stereocenters. The van der Waals surface area contributed by atoms with Crippen molar-refractivity contribution in [3.8, 4) is 5.75 Å². The minimum Gasteiger partial charge on any atom is -0.506 e. The van der Waals surface area contributed by atoms with Gasteiger partial charge in [0.25, 0.3) is 0 Å². The molecule has 1 aliphatic rings. The van der Waals surface area contributed by atoms with E-state index in [0.29, 0.717) is 11.4 Å². The SMILES string of the molecule is CN1CCN(c2ccc(NC(=O)Nc3ccccc3O)cc2)CC1. The summed E-state index contributed by atoms with van der Waals surface area (Å²) in [6.45, 7) is 4.14. The predicted octanol–water partition coefficient (Wildman–Crippen LogP) is 2.79. The van der Waals surface area contributed by atoms with Gasteiger partial charge >= 0.3 is 6.03 Å². The number of carbonyl (C=O) groups is 1. The van der Waals surface area contributed by atoms with E-state index in [-0.39, 0.29) is 11.8 Å². The van der Waals surface area contributed by atoms with Crippen molar-refractivity contribution in [2.45, 2.75) is 0 Å². The number of para-hydroxylation sites is 2. The van der Waals surface area contributed by atoms with Crippen LogP contribution < -0.4 is 15.5 Å². The molecule has 0 aromatic heterocycles. The molecule has 0 bridgehead atoms. The van der Waals surface area contributed by atoms with Gasteiger partial charge in [0.15, 0.2) is 0 Å². The maximum atomic E-state index is 12.0. The summed E-state index contributed by atoms with van der Waals surface area (Å²) in [5, 5.41) is 15.1. The smallest absolute Gasteiger partial charge is 0.323 e. The number of urea groups is 1. The van der Waals surface area contributed by atoms with Crippen molar-refractivity contribution in [3.05, 3.63) is 48.5 Å². The molecule has 0 aliphatic carbocycles. The van der Waals surface area contributed by atoms with Crippen molar-refractivity contribution in [1.82, 2.24) is 4.90 Å². The highest BCUT2D eigenvalue weighted by Gasteiger charge is 2.14. The predicted molar refractivity (Wildman–Crippen MR) is 96.9 cm³/mol. The Morgan fingerprint density at radius 2 is 1.62 bits per heavy atom. The van der Waals surface area contributed by atoms with Gasteiger partial charge in [-0.1, -0.05) is 12.1 Å². The average Bonchev–Trinajstić information content (AvgIpc) is 2.58. The number of carbonyl (C=O) groups excluding carboxylic acids is 1. The van der Waals surface area contributed by atoms with Crippen LogP contribution in [-0.4, -0.2) is 49.3 Å². The Balaban J connectivity index is 1.58.